The predicted octanol–water partition coefficient (Wildman–Crippen LogP) is 3.92. The van der Waals surface area contributed by atoms with Crippen molar-refractivity contribution in [1.29, 1.82) is 5.26 Å². The first-order chi connectivity index (χ1) is 11.6. The maximum Gasteiger partial charge on any atom is 0.266 e. The number of amides is 1. The number of rotatable bonds is 3. The minimum Gasteiger partial charge on any atom is -0.454 e. The van der Waals surface area contributed by atoms with Crippen molar-refractivity contribution in [3.8, 4) is 17.6 Å². The monoisotopic (exact) mass is 340 g/mol. The van der Waals surface area contributed by atoms with Gasteiger partial charge in [0, 0.05) is 10.7 Å². The van der Waals surface area contributed by atoms with Crippen LogP contribution in [0, 0.1) is 18.3 Å². The third-order valence-electron chi connectivity index (χ3n) is 3.52. The zero-order chi connectivity index (χ0) is 17.1. The number of aryl methyl sites for hydroxylation is 1. The molecule has 0 radical (unpaired) electrons. The van der Waals surface area contributed by atoms with Crippen LogP contribution in [-0.2, 0) is 4.79 Å². The summed E-state index contributed by atoms with van der Waals surface area (Å²) in [6.07, 6.45) is 1.50. The molecule has 1 heterocycles. The third-order valence-corrected chi connectivity index (χ3v) is 3.76. The molecule has 5 nitrogen and oxygen atoms in total. The summed E-state index contributed by atoms with van der Waals surface area (Å²) in [7, 11) is 0. The van der Waals surface area contributed by atoms with Gasteiger partial charge in [0.25, 0.3) is 5.91 Å². The molecule has 0 fully saturated rings. The third kappa shape index (κ3) is 3.34. The molecular formula is C18H13ClN2O3. The molecule has 2 aromatic rings. The maximum absolute atomic E-state index is 12.3. The molecule has 6 heteroatoms. The second-order valence-electron chi connectivity index (χ2n) is 5.20. The molecule has 0 aromatic heterocycles. The van der Waals surface area contributed by atoms with Crippen molar-refractivity contribution < 1.29 is 14.3 Å². The molecular weight excluding hydrogens is 328 g/mol. The quantitative estimate of drug-likeness (QED) is 0.679. The van der Waals surface area contributed by atoms with Crippen LogP contribution in [0.25, 0.3) is 6.08 Å². The van der Waals surface area contributed by atoms with Gasteiger partial charge in [-0.25, -0.2) is 0 Å². The normalized spacial score (nSPS) is 12.6. The highest BCUT2D eigenvalue weighted by Gasteiger charge is 2.15. The molecule has 1 aliphatic heterocycles. The number of ether oxygens (including phenoxy) is 2. The van der Waals surface area contributed by atoms with Crippen molar-refractivity contribution in [2.75, 3.05) is 12.1 Å². The first-order valence-electron chi connectivity index (χ1n) is 7.16. The van der Waals surface area contributed by atoms with Crippen LogP contribution in [-0.4, -0.2) is 12.7 Å². The molecule has 3 rings (SSSR count). The van der Waals surface area contributed by atoms with Gasteiger partial charge in [-0.15, -0.1) is 0 Å². The average molecular weight is 341 g/mol. The van der Waals surface area contributed by atoms with E-state index in [4.69, 9.17) is 21.1 Å². The topological polar surface area (TPSA) is 71.4 Å². The Labute approximate surface area is 144 Å². The van der Waals surface area contributed by atoms with Crippen molar-refractivity contribution in [2.24, 2.45) is 0 Å². The van der Waals surface area contributed by atoms with Gasteiger partial charge in [0.05, 0.1) is 0 Å². The van der Waals surface area contributed by atoms with Gasteiger partial charge in [-0.1, -0.05) is 23.7 Å². The summed E-state index contributed by atoms with van der Waals surface area (Å²) in [5.74, 6) is 0.734. The Morgan fingerprint density at radius 1 is 1.25 bits per heavy atom. The van der Waals surface area contributed by atoms with Crippen LogP contribution >= 0.6 is 11.6 Å². The van der Waals surface area contributed by atoms with Crippen LogP contribution in [0.3, 0.4) is 0 Å². The minimum absolute atomic E-state index is 0.0201. The molecule has 0 saturated heterocycles. The van der Waals surface area contributed by atoms with Gasteiger partial charge >= 0.3 is 0 Å². The van der Waals surface area contributed by atoms with Gasteiger partial charge in [-0.05, 0) is 48.4 Å². The Hall–Kier alpha value is -2.97. The highest BCUT2D eigenvalue weighted by molar-refractivity contribution is 6.31. The van der Waals surface area contributed by atoms with Crippen LogP contribution in [0.5, 0.6) is 11.5 Å². The molecule has 0 bridgehead atoms. The van der Waals surface area contributed by atoms with E-state index in [0.717, 1.165) is 5.56 Å². The zero-order valence-electron chi connectivity index (χ0n) is 12.8. The summed E-state index contributed by atoms with van der Waals surface area (Å²) in [5, 5.41) is 12.5. The fraction of sp³-hybridized carbons (Fsp3) is 0.111. The van der Waals surface area contributed by atoms with Crippen molar-refractivity contribution in [3.63, 3.8) is 0 Å². The van der Waals surface area contributed by atoms with Crippen molar-refractivity contribution in [2.45, 2.75) is 6.92 Å². The summed E-state index contributed by atoms with van der Waals surface area (Å²) < 4.78 is 10.5. The van der Waals surface area contributed by atoms with E-state index in [9.17, 15) is 10.1 Å². The van der Waals surface area contributed by atoms with Crippen LogP contribution < -0.4 is 14.8 Å². The van der Waals surface area contributed by atoms with E-state index < -0.39 is 5.91 Å². The van der Waals surface area contributed by atoms with Crippen molar-refractivity contribution in [1.82, 2.24) is 0 Å². The van der Waals surface area contributed by atoms with E-state index in [1.165, 1.54) is 6.08 Å². The lowest BCUT2D eigenvalue weighted by molar-refractivity contribution is -0.112. The predicted molar refractivity (Wildman–Crippen MR) is 91.0 cm³/mol. The molecule has 2 aromatic carbocycles. The molecule has 0 atom stereocenters. The first kappa shape index (κ1) is 15.9. The van der Waals surface area contributed by atoms with E-state index in [-0.39, 0.29) is 12.4 Å². The maximum atomic E-state index is 12.3. The van der Waals surface area contributed by atoms with E-state index in [1.54, 1.807) is 36.4 Å². The first-order valence-corrected chi connectivity index (χ1v) is 7.53. The van der Waals surface area contributed by atoms with E-state index >= 15 is 0 Å². The number of fused-ring (bicyclic) bond motifs is 1. The van der Waals surface area contributed by atoms with Crippen LogP contribution in [0.2, 0.25) is 5.02 Å². The van der Waals surface area contributed by atoms with Gasteiger partial charge < -0.3 is 14.8 Å². The number of nitrogens with one attached hydrogen (secondary N) is 1. The van der Waals surface area contributed by atoms with Crippen LogP contribution in [0.1, 0.15) is 11.1 Å². The number of nitriles is 1. The Bertz CT molecular complexity index is 884. The Balaban J connectivity index is 1.84. The highest BCUT2D eigenvalue weighted by Crippen LogP contribution is 2.33. The average Bonchev–Trinajstić information content (AvgIpc) is 3.03. The van der Waals surface area contributed by atoms with Gasteiger partial charge in [0.1, 0.15) is 11.6 Å². The molecule has 1 N–H and O–H groups in total. The smallest absolute Gasteiger partial charge is 0.266 e. The molecule has 24 heavy (non-hydrogen) atoms. The zero-order valence-corrected chi connectivity index (χ0v) is 13.6. The molecule has 120 valence electrons. The summed E-state index contributed by atoms with van der Waals surface area (Å²) in [4.78, 5) is 12.3. The standard InChI is InChI=1S/C18H13ClN2O3/c1-11-2-4-14(19)8-15(11)21-18(22)13(9-20)6-12-3-5-16-17(7-12)24-10-23-16/h2-8H,10H2,1H3,(H,21,22)/b13-6+. The largest absolute Gasteiger partial charge is 0.454 e. The van der Waals surface area contributed by atoms with Crippen LogP contribution in [0.4, 0.5) is 5.69 Å². The second-order valence-corrected chi connectivity index (χ2v) is 5.63. The molecule has 0 unspecified atom stereocenters. The summed E-state index contributed by atoms with van der Waals surface area (Å²) in [6.45, 7) is 2.02. The highest BCUT2D eigenvalue weighted by atomic mass is 35.5. The van der Waals surface area contributed by atoms with Crippen LogP contribution in [0.15, 0.2) is 42.0 Å². The number of halogens is 1. The summed E-state index contributed by atoms with van der Waals surface area (Å²) in [6, 6.07) is 12.3. The van der Waals surface area contributed by atoms with E-state index in [2.05, 4.69) is 5.32 Å². The lowest BCUT2D eigenvalue weighted by Crippen LogP contribution is -2.14. The van der Waals surface area contributed by atoms with Gasteiger partial charge in [0.2, 0.25) is 6.79 Å². The molecule has 0 saturated carbocycles. The number of anilines is 1. The van der Waals surface area contributed by atoms with E-state index in [1.807, 2.05) is 13.0 Å². The lowest BCUT2D eigenvalue weighted by Gasteiger charge is -2.08. The summed E-state index contributed by atoms with van der Waals surface area (Å²) >= 11 is 5.94. The van der Waals surface area contributed by atoms with E-state index in [0.29, 0.717) is 27.8 Å². The Kier molecular flexibility index (Phi) is 4.41. The minimum atomic E-state index is -0.500. The molecule has 0 spiro atoms. The Morgan fingerprint density at radius 3 is 2.83 bits per heavy atom. The molecule has 0 aliphatic carbocycles. The number of hydrogen-bond donors (Lipinski definition) is 1. The van der Waals surface area contributed by atoms with Gasteiger partial charge in [0.15, 0.2) is 11.5 Å². The second kappa shape index (κ2) is 6.65. The molecule has 1 aliphatic rings. The fourth-order valence-electron chi connectivity index (χ4n) is 2.24. The SMILES string of the molecule is Cc1ccc(Cl)cc1NC(=O)/C(C#N)=C/c1ccc2c(c1)OCO2. The molecule has 1 amide bonds. The number of benzene rings is 2. The lowest BCUT2D eigenvalue weighted by atomic mass is 10.1. The number of carbonyl (C=O) groups is 1. The fourth-order valence-corrected chi connectivity index (χ4v) is 2.41. The number of nitrogens with zero attached hydrogens (tertiary/aromatic N) is 1. The summed E-state index contributed by atoms with van der Waals surface area (Å²) in [5.41, 5.74) is 2.08. The van der Waals surface area contributed by atoms with Crippen molar-refractivity contribution >= 4 is 29.3 Å². The number of carbonyl (C=O) groups excluding carboxylic acids is 1. The van der Waals surface area contributed by atoms with Gasteiger partial charge in [-0.3, -0.25) is 4.79 Å². The van der Waals surface area contributed by atoms with Gasteiger partial charge in [-0.2, -0.15) is 5.26 Å². The van der Waals surface area contributed by atoms with Crippen molar-refractivity contribution in [3.05, 3.63) is 58.1 Å². The number of hydrogen-bond acceptors (Lipinski definition) is 4. The Morgan fingerprint density at radius 2 is 2.04 bits per heavy atom.